The third-order valence-electron chi connectivity index (χ3n) is 2.78. The molecule has 0 spiro atoms. The maximum absolute atomic E-state index is 6.11. The Balaban J connectivity index is 2.46. The average Bonchev–Trinajstić information content (AvgIpc) is 2.36. The summed E-state index contributed by atoms with van der Waals surface area (Å²) in [5.41, 5.74) is 0.992. The number of likely N-dealkylation sites (N-methyl/N-ethyl adjacent to an activating group) is 1. The van der Waals surface area contributed by atoms with Crippen LogP contribution in [0.25, 0.3) is 0 Å². The van der Waals surface area contributed by atoms with E-state index in [1.165, 1.54) is 0 Å². The maximum atomic E-state index is 6.11. The van der Waals surface area contributed by atoms with Crippen molar-refractivity contribution >= 4 is 17.3 Å². The molecule has 0 amide bonds. The summed E-state index contributed by atoms with van der Waals surface area (Å²) in [6.07, 6.45) is 0. The van der Waals surface area contributed by atoms with E-state index in [0.717, 1.165) is 31.1 Å². The molecule has 0 saturated carbocycles. The van der Waals surface area contributed by atoms with Gasteiger partial charge in [0, 0.05) is 19.3 Å². The monoisotopic (exact) mass is 256 g/mol. The van der Waals surface area contributed by atoms with Gasteiger partial charge in [-0.25, -0.2) is 0 Å². The minimum atomic E-state index is 0.649. The number of anilines is 1. The number of nitrogens with one attached hydrogen (secondary N) is 1. The second-order valence-electron chi connectivity index (χ2n) is 3.77. The Morgan fingerprint density at radius 2 is 2.00 bits per heavy atom. The van der Waals surface area contributed by atoms with Gasteiger partial charge < -0.3 is 15.0 Å². The van der Waals surface area contributed by atoms with Gasteiger partial charge in [0.1, 0.15) is 12.4 Å². The number of hydrogen-bond donors (Lipinski definition) is 1. The van der Waals surface area contributed by atoms with E-state index in [9.17, 15) is 0 Å². The zero-order valence-electron chi connectivity index (χ0n) is 10.8. The lowest BCUT2D eigenvalue weighted by molar-refractivity contribution is 0.223. The van der Waals surface area contributed by atoms with Crippen molar-refractivity contribution in [3.05, 3.63) is 23.2 Å². The van der Waals surface area contributed by atoms with E-state index in [2.05, 4.69) is 24.1 Å². The molecule has 0 aliphatic carbocycles. The number of nitrogens with zero attached hydrogens (tertiary/aromatic N) is 1. The minimum Gasteiger partial charge on any atom is -0.491 e. The van der Waals surface area contributed by atoms with Crippen LogP contribution >= 0.6 is 11.6 Å². The number of benzene rings is 1. The average molecular weight is 257 g/mol. The van der Waals surface area contributed by atoms with Crippen LogP contribution in [0.4, 0.5) is 5.69 Å². The zero-order valence-corrected chi connectivity index (χ0v) is 11.5. The Morgan fingerprint density at radius 3 is 2.53 bits per heavy atom. The first-order valence-electron chi connectivity index (χ1n) is 6.03. The summed E-state index contributed by atoms with van der Waals surface area (Å²) >= 11 is 6.11. The highest BCUT2D eigenvalue weighted by Crippen LogP contribution is 2.27. The Hall–Kier alpha value is -0.930. The van der Waals surface area contributed by atoms with Crippen molar-refractivity contribution in [1.82, 2.24) is 4.90 Å². The molecule has 0 atom stereocenters. The Kier molecular flexibility index (Phi) is 6.16. The van der Waals surface area contributed by atoms with Crippen molar-refractivity contribution in [3.63, 3.8) is 0 Å². The van der Waals surface area contributed by atoms with Crippen LogP contribution in [-0.2, 0) is 0 Å². The summed E-state index contributed by atoms with van der Waals surface area (Å²) < 4.78 is 5.67. The van der Waals surface area contributed by atoms with Gasteiger partial charge in [-0.3, -0.25) is 0 Å². The summed E-state index contributed by atoms with van der Waals surface area (Å²) in [5, 5.41) is 3.69. The Bertz CT molecular complexity index is 340. The van der Waals surface area contributed by atoms with Gasteiger partial charge >= 0.3 is 0 Å². The maximum Gasteiger partial charge on any atom is 0.138 e. The molecule has 1 rings (SSSR count). The molecule has 0 bridgehead atoms. The van der Waals surface area contributed by atoms with Gasteiger partial charge in [-0.05, 0) is 31.3 Å². The van der Waals surface area contributed by atoms with Gasteiger partial charge in [0.25, 0.3) is 0 Å². The van der Waals surface area contributed by atoms with E-state index in [-0.39, 0.29) is 0 Å². The zero-order chi connectivity index (χ0) is 12.7. The van der Waals surface area contributed by atoms with Crippen LogP contribution in [-0.4, -0.2) is 38.2 Å². The smallest absolute Gasteiger partial charge is 0.138 e. The molecule has 1 N–H and O–H groups in total. The fourth-order valence-corrected chi connectivity index (χ4v) is 1.83. The molecule has 3 nitrogen and oxygen atoms in total. The van der Waals surface area contributed by atoms with Crippen molar-refractivity contribution in [2.75, 3.05) is 38.6 Å². The molecule has 96 valence electrons. The number of rotatable bonds is 7. The third-order valence-corrected chi connectivity index (χ3v) is 3.08. The highest BCUT2D eigenvalue weighted by molar-refractivity contribution is 6.32. The summed E-state index contributed by atoms with van der Waals surface area (Å²) in [7, 11) is 1.87. The first kappa shape index (κ1) is 14.1. The fourth-order valence-electron chi connectivity index (χ4n) is 1.60. The molecule has 0 aromatic heterocycles. The topological polar surface area (TPSA) is 24.5 Å². The van der Waals surface area contributed by atoms with Gasteiger partial charge in [0.05, 0.1) is 5.02 Å². The van der Waals surface area contributed by atoms with Crippen LogP contribution in [0.3, 0.4) is 0 Å². The van der Waals surface area contributed by atoms with Crippen molar-refractivity contribution < 1.29 is 4.74 Å². The lowest BCUT2D eigenvalue weighted by Gasteiger charge is -2.18. The molecular formula is C13H21ClN2O. The van der Waals surface area contributed by atoms with E-state index < -0.39 is 0 Å². The van der Waals surface area contributed by atoms with Crippen molar-refractivity contribution in [2.24, 2.45) is 0 Å². The molecule has 1 aromatic carbocycles. The molecule has 0 unspecified atom stereocenters. The molecule has 0 radical (unpaired) electrons. The second-order valence-corrected chi connectivity index (χ2v) is 4.18. The molecule has 1 aromatic rings. The highest BCUT2D eigenvalue weighted by atomic mass is 35.5. The van der Waals surface area contributed by atoms with Crippen LogP contribution in [0.2, 0.25) is 5.02 Å². The molecule has 0 saturated heterocycles. The molecule has 4 heteroatoms. The van der Waals surface area contributed by atoms with Crippen molar-refractivity contribution in [3.8, 4) is 5.75 Å². The summed E-state index contributed by atoms with van der Waals surface area (Å²) in [6.45, 7) is 7.99. The molecule has 0 aliphatic heterocycles. The fraction of sp³-hybridized carbons (Fsp3) is 0.538. The third kappa shape index (κ3) is 4.44. The largest absolute Gasteiger partial charge is 0.491 e. The van der Waals surface area contributed by atoms with Crippen molar-refractivity contribution in [1.29, 1.82) is 0 Å². The van der Waals surface area contributed by atoms with E-state index in [1.807, 2.05) is 25.2 Å². The van der Waals surface area contributed by atoms with Gasteiger partial charge in [0.15, 0.2) is 0 Å². The molecule has 0 aliphatic rings. The van der Waals surface area contributed by atoms with Crippen molar-refractivity contribution in [2.45, 2.75) is 13.8 Å². The van der Waals surface area contributed by atoms with E-state index >= 15 is 0 Å². The van der Waals surface area contributed by atoms with E-state index in [4.69, 9.17) is 16.3 Å². The molecule has 0 heterocycles. The summed E-state index contributed by atoms with van der Waals surface area (Å²) in [5.74, 6) is 0.748. The predicted molar refractivity (Wildman–Crippen MR) is 74.3 cm³/mol. The quantitative estimate of drug-likeness (QED) is 0.811. The second kappa shape index (κ2) is 7.41. The number of halogens is 1. The number of ether oxygens (including phenoxy) is 1. The Labute approximate surface area is 109 Å². The minimum absolute atomic E-state index is 0.649. The normalized spacial score (nSPS) is 10.6. The first-order valence-corrected chi connectivity index (χ1v) is 6.41. The summed E-state index contributed by atoms with van der Waals surface area (Å²) in [6, 6.07) is 5.73. The van der Waals surface area contributed by atoms with E-state index in [0.29, 0.717) is 11.6 Å². The van der Waals surface area contributed by atoms with E-state index in [1.54, 1.807) is 0 Å². The van der Waals surface area contributed by atoms with Crippen LogP contribution in [0.1, 0.15) is 13.8 Å². The lowest BCUT2D eigenvalue weighted by Crippen LogP contribution is -2.27. The van der Waals surface area contributed by atoms with Gasteiger partial charge in [0.2, 0.25) is 0 Å². The molecular weight excluding hydrogens is 236 g/mol. The highest BCUT2D eigenvalue weighted by Gasteiger charge is 2.04. The summed E-state index contributed by atoms with van der Waals surface area (Å²) in [4.78, 5) is 2.32. The van der Waals surface area contributed by atoms with Gasteiger partial charge in [-0.15, -0.1) is 0 Å². The van der Waals surface area contributed by atoms with Crippen LogP contribution in [0, 0.1) is 0 Å². The van der Waals surface area contributed by atoms with Gasteiger partial charge in [-0.1, -0.05) is 25.4 Å². The predicted octanol–water partition coefficient (Wildman–Crippen LogP) is 3.10. The van der Waals surface area contributed by atoms with Crippen LogP contribution in [0.15, 0.2) is 18.2 Å². The Morgan fingerprint density at radius 1 is 1.29 bits per heavy atom. The van der Waals surface area contributed by atoms with Crippen LogP contribution in [0.5, 0.6) is 5.75 Å². The number of hydrogen-bond acceptors (Lipinski definition) is 3. The first-order chi connectivity index (χ1) is 8.21. The standard InChI is InChI=1S/C13H21ClN2O/c1-4-16(5-2)8-9-17-13-7-6-11(15-3)10-12(13)14/h6-7,10,15H,4-5,8-9H2,1-3H3. The van der Waals surface area contributed by atoms with Crippen LogP contribution < -0.4 is 10.1 Å². The van der Waals surface area contributed by atoms with Gasteiger partial charge in [-0.2, -0.15) is 0 Å². The SMILES string of the molecule is CCN(CC)CCOc1ccc(NC)cc1Cl. The lowest BCUT2D eigenvalue weighted by atomic mass is 10.3. The molecule has 17 heavy (non-hydrogen) atoms. The molecule has 0 fully saturated rings.